The zero-order valence-electron chi connectivity index (χ0n) is 22.3. The number of pyridine rings is 1. The Morgan fingerprint density at radius 2 is 1.55 bits per heavy atom. The number of fused-ring (bicyclic) bond motifs is 1. The molecule has 10 nitrogen and oxygen atoms in total. The molecule has 0 bridgehead atoms. The standard InChI is InChI=1S/C28H32N4O6/c1-28(2,3)38-27(35)31-16-14-30(15-17-31)22-9-10-23(21-18-29-12-11-19(21)22)32-13-7-6-8-20(25(33)36-4)24(32)26(34)37-5/h6-13,18H,14-17H2,1-5H3. The first-order chi connectivity index (χ1) is 18.1. The Hall–Kier alpha value is -4.34. The molecule has 0 spiro atoms. The van der Waals surface area contributed by atoms with Gasteiger partial charge in [-0.15, -0.1) is 0 Å². The fraction of sp³-hybridized carbons (Fsp3) is 0.357. The number of hydrogen-bond acceptors (Lipinski definition) is 9. The van der Waals surface area contributed by atoms with E-state index in [0.717, 1.165) is 16.5 Å². The van der Waals surface area contributed by atoms with Crippen LogP contribution in [0.5, 0.6) is 0 Å². The van der Waals surface area contributed by atoms with E-state index in [9.17, 15) is 14.4 Å². The molecule has 2 aliphatic rings. The number of allylic oxidation sites excluding steroid dienone is 2. The third-order valence-electron chi connectivity index (χ3n) is 6.19. The maximum Gasteiger partial charge on any atom is 0.410 e. The Kier molecular flexibility index (Phi) is 7.70. The molecule has 1 aromatic heterocycles. The largest absolute Gasteiger partial charge is 0.465 e. The third kappa shape index (κ3) is 5.49. The number of hydrogen-bond donors (Lipinski definition) is 0. The second-order valence-electron chi connectivity index (χ2n) is 9.80. The number of esters is 2. The van der Waals surface area contributed by atoms with Crippen molar-refractivity contribution in [1.29, 1.82) is 0 Å². The molecule has 1 amide bonds. The first kappa shape index (κ1) is 26.7. The van der Waals surface area contributed by atoms with Crippen molar-refractivity contribution in [3.05, 3.63) is 66.3 Å². The Morgan fingerprint density at radius 3 is 2.21 bits per heavy atom. The monoisotopic (exact) mass is 520 g/mol. The van der Waals surface area contributed by atoms with E-state index in [1.807, 2.05) is 39.0 Å². The summed E-state index contributed by atoms with van der Waals surface area (Å²) >= 11 is 0. The van der Waals surface area contributed by atoms with Crippen LogP contribution in [-0.2, 0) is 23.8 Å². The van der Waals surface area contributed by atoms with Crippen molar-refractivity contribution in [2.24, 2.45) is 0 Å². The molecule has 2 aromatic rings. The van der Waals surface area contributed by atoms with Gasteiger partial charge in [0.1, 0.15) is 11.3 Å². The molecule has 0 unspecified atom stereocenters. The van der Waals surface area contributed by atoms with Crippen molar-refractivity contribution in [2.45, 2.75) is 26.4 Å². The highest BCUT2D eigenvalue weighted by molar-refractivity contribution is 6.09. The lowest BCUT2D eigenvalue weighted by Crippen LogP contribution is -2.50. The molecule has 0 atom stereocenters. The lowest BCUT2D eigenvalue weighted by atomic mass is 10.1. The van der Waals surface area contributed by atoms with Crippen molar-refractivity contribution in [1.82, 2.24) is 9.88 Å². The Labute approximate surface area is 221 Å². The molecule has 4 rings (SSSR count). The van der Waals surface area contributed by atoms with Gasteiger partial charge < -0.3 is 28.9 Å². The van der Waals surface area contributed by atoms with Gasteiger partial charge in [0.25, 0.3) is 0 Å². The number of aromatic nitrogens is 1. The predicted octanol–water partition coefficient (Wildman–Crippen LogP) is 3.78. The van der Waals surface area contributed by atoms with Crippen molar-refractivity contribution >= 4 is 40.2 Å². The molecule has 1 saturated heterocycles. The van der Waals surface area contributed by atoms with E-state index >= 15 is 0 Å². The van der Waals surface area contributed by atoms with Crippen LogP contribution in [0.1, 0.15) is 20.8 Å². The van der Waals surface area contributed by atoms with E-state index < -0.39 is 17.5 Å². The summed E-state index contributed by atoms with van der Waals surface area (Å²) in [7, 11) is 2.53. The van der Waals surface area contributed by atoms with Gasteiger partial charge in [0, 0.05) is 61.2 Å². The van der Waals surface area contributed by atoms with E-state index in [4.69, 9.17) is 14.2 Å². The SMILES string of the molecule is COC(=O)C1=C(C(=O)OC)N(c2ccc(N3CCN(C(=O)OC(C)(C)C)CC3)c3ccncc23)C=CC=C1. The molecule has 1 fully saturated rings. The second-order valence-corrected chi connectivity index (χ2v) is 9.80. The normalized spacial score (nSPS) is 16.0. The van der Waals surface area contributed by atoms with Crippen LogP contribution >= 0.6 is 0 Å². The lowest BCUT2D eigenvalue weighted by Gasteiger charge is -2.37. The maximum absolute atomic E-state index is 12.9. The number of methoxy groups -OCH3 is 2. The summed E-state index contributed by atoms with van der Waals surface area (Å²) in [5.41, 5.74) is 1.18. The highest BCUT2D eigenvalue weighted by atomic mass is 16.6. The van der Waals surface area contributed by atoms with Gasteiger partial charge in [-0.25, -0.2) is 14.4 Å². The number of amides is 1. The first-order valence-electron chi connectivity index (χ1n) is 12.3. The minimum atomic E-state index is -0.680. The van der Waals surface area contributed by atoms with E-state index in [-0.39, 0.29) is 17.4 Å². The van der Waals surface area contributed by atoms with Crippen LogP contribution in [0.2, 0.25) is 0 Å². The van der Waals surface area contributed by atoms with Crippen LogP contribution in [0.4, 0.5) is 16.2 Å². The molecule has 3 heterocycles. The molecular weight excluding hydrogens is 488 g/mol. The molecule has 0 N–H and O–H groups in total. The van der Waals surface area contributed by atoms with Gasteiger partial charge in [-0.2, -0.15) is 0 Å². The molecule has 200 valence electrons. The van der Waals surface area contributed by atoms with Crippen molar-refractivity contribution in [3.63, 3.8) is 0 Å². The summed E-state index contributed by atoms with van der Waals surface area (Å²) in [4.78, 5) is 47.8. The molecule has 1 aromatic carbocycles. The minimum Gasteiger partial charge on any atom is -0.465 e. The van der Waals surface area contributed by atoms with Crippen molar-refractivity contribution in [3.8, 4) is 0 Å². The number of nitrogens with zero attached hydrogens (tertiary/aromatic N) is 4. The summed E-state index contributed by atoms with van der Waals surface area (Å²) in [6.45, 7) is 7.88. The molecule has 2 aliphatic heterocycles. The number of ether oxygens (including phenoxy) is 3. The van der Waals surface area contributed by atoms with E-state index in [1.54, 1.807) is 40.5 Å². The lowest BCUT2D eigenvalue weighted by molar-refractivity contribution is -0.139. The molecule has 38 heavy (non-hydrogen) atoms. The van der Waals surface area contributed by atoms with Crippen molar-refractivity contribution in [2.75, 3.05) is 50.2 Å². The molecule has 0 saturated carbocycles. The van der Waals surface area contributed by atoms with Crippen LogP contribution in [0.15, 0.2) is 66.3 Å². The van der Waals surface area contributed by atoms with Gasteiger partial charge in [0.2, 0.25) is 0 Å². The molecule has 10 heteroatoms. The number of benzene rings is 1. The smallest absolute Gasteiger partial charge is 0.410 e. The van der Waals surface area contributed by atoms with Gasteiger partial charge >= 0.3 is 18.0 Å². The molecule has 0 radical (unpaired) electrons. The number of rotatable bonds is 4. The molecular formula is C28H32N4O6. The summed E-state index contributed by atoms with van der Waals surface area (Å²) in [6.07, 6.45) is 9.73. The number of anilines is 2. The Balaban J connectivity index is 1.70. The average Bonchev–Trinajstić information content (AvgIpc) is 3.14. The quantitative estimate of drug-likeness (QED) is 0.440. The predicted molar refractivity (Wildman–Crippen MR) is 144 cm³/mol. The van der Waals surface area contributed by atoms with Gasteiger partial charge in [0.05, 0.1) is 25.5 Å². The minimum absolute atomic E-state index is 0.0354. The zero-order valence-corrected chi connectivity index (χ0v) is 22.3. The highest BCUT2D eigenvalue weighted by Crippen LogP contribution is 2.37. The zero-order chi connectivity index (χ0) is 27.4. The van der Waals surface area contributed by atoms with Crippen LogP contribution in [0.3, 0.4) is 0 Å². The van der Waals surface area contributed by atoms with Gasteiger partial charge in [0.15, 0.2) is 0 Å². The topological polar surface area (TPSA) is 102 Å². The summed E-state index contributed by atoms with van der Waals surface area (Å²) in [5.74, 6) is -1.33. The number of carbonyl (C=O) groups is 3. The van der Waals surface area contributed by atoms with E-state index in [2.05, 4.69) is 9.88 Å². The molecule has 0 aliphatic carbocycles. The fourth-order valence-electron chi connectivity index (χ4n) is 4.45. The highest BCUT2D eigenvalue weighted by Gasteiger charge is 2.30. The summed E-state index contributed by atoms with van der Waals surface area (Å²) < 4.78 is 15.5. The van der Waals surface area contributed by atoms with Crippen LogP contribution in [0.25, 0.3) is 10.8 Å². The summed E-state index contributed by atoms with van der Waals surface area (Å²) in [6, 6.07) is 5.77. The second kappa shape index (κ2) is 11.0. The van der Waals surface area contributed by atoms with E-state index in [1.165, 1.54) is 20.3 Å². The van der Waals surface area contributed by atoms with Crippen LogP contribution in [0, 0.1) is 0 Å². The third-order valence-corrected chi connectivity index (χ3v) is 6.19. The van der Waals surface area contributed by atoms with Crippen molar-refractivity contribution < 1.29 is 28.6 Å². The average molecular weight is 521 g/mol. The number of piperazine rings is 1. The first-order valence-corrected chi connectivity index (χ1v) is 12.3. The summed E-state index contributed by atoms with van der Waals surface area (Å²) in [5, 5.41) is 1.69. The van der Waals surface area contributed by atoms with Crippen LogP contribution < -0.4 is 9.80 Å². The fourth-order valence-corrected chi connectivity index (χ4v) is 4.45. The maximum atomic E-state index is 12.9. The van der Waals surface area contributed by atoms with Crippen LogP contribution in [-0.4, -0.2) is 73.9 Å². The van der Waals surface area contributed by atoms with Gasteiger partial charge in [-0.05, 0) is 51.1 Å². The number of carbonyl (C=O) groups excluding carboxylic acids is 3. The van der Waals surface area contributed by atoms with E-state index in [0.29, 0.717) is 31.9 Å². The Bertz CT molecular complexity index is 1330. The Morgan fingerprint density at radius 1 is 0.868 bits per heavy atom. The van der Waals surface area contributed by atoms with Gasteiger partial charge in [-0.1, -0.05) is 6.08 Å². The van der Waals surface area contributed by atoms with Gasteiger partial charge in [-0.3, -0.25) is 4.98 Å².